The number of methoxy groups -OCH3 is 1. The van der Waals surface area contributed by atoms with Gasteiger partial charge in [0.1, 0.15) is 11.3 Å². The summed E-state index contributed by atoms with van der Waals surface area (Å²) in [7, 11) is 1.59. The molecule has 164 valence electrons. The highest BCUT2D eigenvalue weighted by Crippen LogP contribution is 2.25. The molecule has 1 N–H and O–H groups in total. The monoisotopic (exact) mass is 442 g/mol. The number of nitrogens with one attached hydrogen (secondary N) is 1. The van der Waals surface area contributed by atoms with Crippen molar-refractivity contribution in [1.82, 2.24) is 14.9 Å². The highest BCUT2D eigenvalue weighted by atomic mass is 32.1. The molecule has 0 spiro atoms. The van der Waals surface area contributed by atoms with Crippen molar-refractivity contribution in [2.45, 2.75) is 25.8 Å². The third-order valence-corrected chi connectivity index (χ3v) is 6.14. The summed E-state index contributed by atoms with van der Waals surface area (Å²) in [6.07, 6.45) is 2.38. The molecule has 31 heavy (non-hydrogen) atoms. The Morgan fingerprint density at radius 2 is 1.97 bits per heavy atom. The average Bonchev–Trinajstić information content (AvgIpc) is 3.48. The van der Waals surface area contributed by atoms with E-state index < -0.39 is 0 Å². The maximum absolute atomic E-state index is 13.0. The molecular weight excluding hydrogens is 416 g/mol. The minimum absolute atomic E-state index is 0.0748. The molecule has 0 atom stereocenters. The van der Waals surface area contributed by atoms with Crippen LogP contribution < -0.4 is 25.2 Å². The summed E-state index contributed by atoms with van der Waals surface area (Å²) in [6.45, 7) is 2.76. The van der Waals surface area contributed by atoms with Crippen LogP contribution in [0.4, 0.5) is 5.95 Å². The van der Waals surface area contributed by atoms with E-state index in [1.54, 1.807) is 11.7 Å². The van der Waals surface area contributed by atoms with Gasteiger partial charge in [-0.05, 0) is 36.4 Å². The van der Waals surface area contributed by atoms with Crippen molar-refractivity contribution in [3.05, 3.63) is 46.1 Å². The van der Waals surface area contributed by atoms with Gasteiger partial charge in [0.2, 0.25) is 11.9 Å². The second-order valence-electron chi connectivity index (χ2n) is 7.30. The molecule has 0 bridgehead atoms. The zero-order chi connectivity index (χ0) is 21.6. The molecule has 4 rings (SSSR count). The van der Waals surface area contributed by atoms with Gasteiger partial charge in [0.05, 0.1) is 19.2 Å². The second-order valence-corrected chi connectivity index (χ2v) is 8.21. The van der Waals surface area contributed by atoms with E-state index in [0.717, 1.165) is 31.4 Å². The van der Waals surface area contributed by atoms with Crippen LogP contribution >= 0.6 is 11.3 Å². The topological polar surface area (TPSA) is 85.7 Å². The Labute approximate surface area is 184 Å². The van der Waals surface area contributed by atoms with Crippen molar-refractivity contribution in [3.63, 3.8) is 0 Å². The van der Waals surface area contributed by atoms with Gasteiger partial charge < -0.3 is 19.7 Å². The lowest BCUT2D eigenvalue weighted by atomic mass is 10.3. The van der Waals surface area contributed by atoms with E-state index in [1.165, 1.54) is 11.3 Å². The summed E-state index contributed by atoms with van der Waals surface area (Å²) in [5, 5.41) is 4.73. The minimum Gasteiger partial charge on any atom is -0.493 e. The van der Waals surface area contributed by atoms with Gasteiger partial charge in [-0.25, -0.2) is 4.98 Å². The summed E-state index contributed by atoms with van der Waals surface area (Å²) >= 11 is 1.39. The highest BCUT2D eigenvalue weighted by molar-refractivity contribution is 7.17. The molecule has 1 aromatic carbocycles. The summed E-state index contributed by atoms with van der Waals surface area (Å²) in [4.78, 5) is 32.2. The number of para-hydroxylation sites is 2. The van der Waals surface area contributed by atoms with E-state index in [-0.39, 0.29) is 17.9 Å². The molecular formula is C22H26N4O4S. The first-order valence-corrected chi connectivity index (χ1v) is 11.3. The lowest BCUT2D eigenvalue weighted by Gasteiger charge is -2.21. The molecule has 1 aliphatic rings. The van der Waals surface area contributed by atoms with Gasteiger partial charge in [0.25, 0.3) is 5.56 Å². The fourth-order valence-electron chi connectivity index (χ4n) is 3.68. The standard InChI is InChI=1S/C22H26N4O4S/c1-29-17-6-2-3-7-18(17)30-14-10-23-19(27)8-13-26-21(28)20-16(9-15-31-20)24-22(26)25-11-4-5-12-25/h2-3,6-7,9,15H,4-5,8,10-14H2,1H3,(H,23,27). The normalized spacial score (nSPS) is 13.5. The van der Waals surface area contributed by atoms with E-state index in [9.17, 15) is 9.59 Å². The summed E-state index contributed by atoms with van der Waals surface area (Å²) in [5.74, 6) is 1.82. The van der Waals surface area contributed by atoms with Gasteiger partial charge in [-0.2, -0.15) is 0 Å². The third kappa shape index (κ3) is 4.82. The number of ether oxygens (including phenoxy) is 2. The van der Waals surface area contributed by atoms with Gasteiger partial charge in [0, 0.05) is 26.1 Å². The van der Waals surface area contributed by atoms with Crippen molar-refractivity contribution >= 4 is 33.4 Å². The molecule has 0 aliphatic carbocycles. The Balaban J connectivity index is 1.35. The van der Waals surface area contributed by atoms with Gasteiger partial charge in [-0.1, -0.05) is 12.1 Å². The zero-order valence-corrected chi connectivity index (χ0v) is 18.3. The van der Waals surface area contributed by atoms with Gasteiger partial charge in [-0.3, -0.25) is 14.2 Å². The number of nitrogens with zero attached hydrogens (tertiary/aromatic N) is 3. The van der Waals surface area contributed by atoms with Crippen LogP contribution in [0.25, 0.3) is 10.2 Å². The van der Waals surface area contributed by atoms with Crippen molar-refractivity contribution in [1.29, 1.82) is 0 Å². The first kappa shape index (κ1) is 21.2. The van der Waals surface area contributed by atoms with Gasteiger partial charge in [-0.15, -0.1) is 11.3 Å². The summed E-state index contributed by atoms with van der Waals surface area (Å²) in [6, 6.07) is 9.25. The predicted molar refractivity (Wildman–Crippen MR) is 121 cm³/mol. The number of rotatable bonds is 9. The molecule has 3 aromatic rings. The van der Waals surface area contributed by atoms with E-state index in [2.05, 4.69) is 10.2 Å². The summed E-state index contributed by atoms with van der Waals surface area (Å²) in [5.41, 5.74) is 0.653. The lowest BCUT2D eigenvalue weighted by Crippen LogP contribution is -2.33. The Hall–Kier alpha value is -3.07. The molecule has 0 unspecified atom stereocenters. The summed E-state index contributed by atoms with van der Waals surface area (Å²) < 4.78 is 13.2. The van der Waals surface area contributed by atoms with Crippen molar-refractivity contribution in [2.24, 2.45) is 0 Å². The number of carbonyl (C=O) groups excluding carboxylic acids is 1. The maximum Gasteiger partial charge on any atom is 0.272 e. The largest absolute Gasteiger partial charge is 0.493 e. The van der Waals surface area contributed by atoms with Crippen LogP contribution in [-0.2, 0) is 11.3 Å². The van der Waals surface area contributed by atoms with Crippen LogP contribution in [0.2, 0.25) is 0 Å². The Morgan fingerprint density at radius 3 is 2.74 bits per heavy atom. The SMILES string of the molecule is COc1ccccc1OCCNC(=O)CCn1c(N2CCCC2)nc2ccsc2c1=O. The molecule has 0 saturated carbocycles. The molecule has 0 radical (unpaired) electrons. The molecule has 1 amide bonds. The van der Waals surface area contributed by atoms with Crippen LogP contribution in [0.15, 0.2) is 40.5 Å². The Kier molecular flexibility index (Phi) is 6.71. The molecule has 1 fully saturated rings. The first-order chi connectivity index (χ1) is 15.2. The lowest BCUT2D eigenvalue weighted by molar-refractivity contribution is -0.121. The number of benzene rings is 1. The molecule has 1 aliphatic heterocycles. The van der Waals surface area contributed by atoms with Crippen molar-refractivity contribution in [3.8, 4) is 11.5 Å². The quantitative estimate of drug-likeness (QED) is 0.513. The number of fused-ring (bicyclic) bond motifs is 1. The predicted octanol–water partition coefficient (Wildman–Crippen LogP) is 2.65. The number of carbonyl (C=O) groups is 1. The molecule has 8 nitrogen and oxygen atoms in total. The molecule has 1 saturated heterocycles. The number of thiophene rings is 1. The van der Waals surface area contributed by atoms with Gasteiger partial charge >= 0.3 is 0 Å². The van der Waals surface area contributed by atoms with Crippen LogP contribution in [0.1, 0.15) is 19.3 Å². The maximum atomic E-state index is 13.0. The number of aromatic nitrogens is 2. The number of hydrogen-bond acceptors (Lipinski definition) is 7. The number of anilines is 1. The van der Waals surface area contributed by atoms with E-state index in [1.807, 2.05) is 35.7 Å². The van der Waals surface area contributed by atoms with Crippen LogP contribution in [0.3, 0.4) is 0 Å². The van der Waals surface area contributed by atoms with E-state index >= 15 is 0 Å². The molecule has 3 heterocycles. The number of amides is 1. The Morgan fingerprint density at radius 1 is 1.19 bits per heavy atom. The number of hydrogen-bond donors (Lipinski definition) is 1. The average molecular weight is 443 g/mol. The minimum atomic E-state index is -0.130. The fourth-order valence-corrected chi connectivity index (χ4v) is 4.46. The molecule has 9 heteroatoms. The van der Waals surface area contributed by atoms with Crippen molar-refractivity contribution < 1.29 is 14.3 Å². The van der Waals surface area contributed by atoms with Crippen molar-refractivity contribution in [2.75, 3.05) is 38.3 Å². The van der Waals surface area contributed by atoms with Crippen LogP contribution in [0, 0.1) is 0 Å². The first-order valence-electron chi connectivity index (χ1n) is 10.4. The zero-order valence-electron chi connectivity index (χ0n) is 17.5. The van der Waals surface area contributed by atoms with Gasteiger partial charge in [0.15, 0.2) is 11.5 Å². The smallest absolute Gasteiger partial charge is 0.272 e. The van der Waals surface area contributed by atoms with E-state index in [0.29, 0.717) is 41.8 Å². The third-order valence-electron chi connectivity index (χ3n) is 5.25. The second kappa shape index (κ2) is 9.82. The van der Waals surface area contributed by atoms with Crippen LogP contribution in [-0.4, -0.2) is 48.8 Å². The Bertz CT molecular complexity index is 1100. The van der Waals surface area contributed by atoms with Crippen LogP contribution in [0.5, 0.6) is 11.5 Å². The highest BCUT2D eigenvalue weighted by Gasteiger charge is 2.21. The van der Waals surface area contributed by atoms with E-state index in [4.69, 9.17) is 14.5 Å². The fraction of sp³-hybridized carbons (Fsp3) is 0.409. The molecule has 2 aromatic heterocycles.